The Morgan fingerprint density at radius 1 is 1.14 bits per heavy atom. The maximum atomic E-state index is 12.1. The Hall–Kier alpha value is -1.92. The molecule has 0 aliphatic carbocycles. The summed E-state index contributed by atoms with van der Waals surface area (Å²) >= 11 is 0. The Balaban J connectivity index is 2.44. The molecule has 0 spiro atoms. The lowest BCUT2D eigenvalue weighted by Gasteiger charge is -2.12. The number of halogens is 3. The minimum absolute atomic E-state index is 0.206. The van der Waals surface area contributed by atoms with Crippen molar-refractivity contribution in [3.05, 3.63) is 29.8 Å². The van der Waals surface area contributed by atoms with Crippen molar-refractivity contribution in [2.45, 2.75) is 33.1 Å². The van der Waals surface area contributed by atoms with Gasteiger partial charge in [0, 0.05) is 19.6 Å². The van der Waals surface area contributed by atoms with Crippen molar-refractivity contribution >= 4 is 5.96 Å². The maximum Gasteiger partial charge on any atom is 0.573 e. The molecule has 124 valence electrons. The van der Waals surface area contributed by atoms with Gasteiger partial charge in [-0.15, -0.1) is 13.2 Å². The van der Waals surface area contributed by atoms with Gasteiger partial charge in [-0.1, -0.05) is 19.1 Å². The van der Waals surface area contributed by atoms with E-state index >= 15 is 0 Å². The van der Waals surface area contributed by atoms with Gasteiger partial charge >= 0.3 is 6.36 Å². The molecule has 0 radical (unpaired) electrons. The number of rotatable bonds is 7. The molecule has 22 heavy (non-hydrogen) atoms. The van der Waals surface area contributed by atoms with Crippen molar-refractivity contribution < 1.29 is 17.9 Å². The number of ether oxygens (including phenoxy) is 1. The average molecular weight is 317 g/mol. The second-order valence-corrected chi connectivity index (χ2v) is 4.63. The standard InChI is InChI=1S/C15H22F3N3O/c1-3-10-20-14(19-4-2)21-11-9-12-5-7-13(8-6-12)22-15(16,17)18/h5-8H,3-4,9-11H2,1-2H3,(H2,19,20,21). The highest BCUT2D eigenvalue weighted by Crippen LogP contribution is 2.22. The van der Waals surface area contributed by atoms with E-state index in [2.05, 4.69) is 27.3 Å². The van der Waals surface area contributed by atoms with Crippen molar-refractivity contribution in [3.63, 3.8) is 0 Å². The molecule has 0 amide bonds. The molecule has 4 nitrogen and oxygen atoms in total. The maximum absolute atomic E-state index is 12.1. The van der Waals surface area contributed by atoms with Gasteiger partial charge < -0.3 is 15.4 Å². The van der Waals surface area contributed by atoms with Gasteiger partial charge in [0.05, 0.1) is 0 Å². The third kappa shape index (κ3) is 7.75. The highest BCUT2D eigenvalue weighted by molar-refractivity contribution is 5.79. The molecule has 7 heteroatoms. The molecule has 1 rings (SSSR count). The number of alkyl halides is 3. The van der Waals surface area contributed by atoms with Crippen molar-refractivity contribution in [2.75, 3.05) is 19.6 Å². The van der Waals surface area contributed by atoms with Gasteiger partial charge in [-0.05, 0) is 37.5 Å². The van der Waals surface area contributed by atoms with Crippen LogP contribution in [0.25, 0.3) is 0 Å². The molecule has 1 aromatic carbocycles. The van der Waals surface area contributed by atoms with Gasteiger partial charge in [0.1, 0.15) is 5.75 Å². The quantitative estimate of drug-likeness (QED) is 0.600. The van der Waals surface area contributed by atoms with E-state index in [0.717, 1.165) is 31.0 Å². The molecule has 0 saturated heterocycles. The molecule has 0 aliphatic heterocycles. The molecule has 0 heterocycles. The van der Waals surface area contributed by atoms with E-state index < -0.39 is 6.36 Å². The molecule has 0 unspecified atom stereocenters. The molecular weight excluding hydrogens is 295 g/mol. The van der Waals surface area contributed by atoms with E-state index in [1.807, 2.05) is 6.92 Å². The summed E-state index contributed by atoms with van der Waals surface area (Å²) < 4.78 is 40.0. The fourth-order valence-corrected chi connectivity index (χ4v) is 1.75. The Bertz CT molecular complexity index is 458. The number of guanidine groups is 1. The topological polar surface area (TPSA) is 45.7 Å². The first-order valence-electron chi connectivity index (χ1n) is 7.31. The van der Waals surface area contributed by atoms with Crippen LogP contribution in [0, 0.1) is 0 Å². The summed E-state index contributed by atoms with van der Waals surface area (Å²) in [5.41, 5.74) is 0.924. The molecule has 0 aromatic heterocycles. The highest BCUT2D eigenvalue weighted by atomic mass is 19.4. The van der Waals surface area contributed by atoms with Crippen LogP contribution < -0.4 is 15.4 Å². The summed E-state index contributed by atoms with van der Waals surface area (Å²) in [4.78, 5) is 4.37. The zero-order valence-electron chi connectivity index (χ0n) is 12.8. The monoisotopic (exact) mass is 317 g/mol. The smallest absolute Gasteiger partial charge is 0.406 e. The first kappa shape index (κ1) is 18.1. The lowest BCUT2D eigenvalue weighted by Crippen LogP contribution is -2.38. The zero-order chi connectivity index (χ0) is 16.4. The van der Waals surface area contributed by atoms with Crippen LogP contribution in [0.5, 0.6) is 5.75 Å². The lowest BCUT2D eigenvalue weighted by atomic mass is 10.1. The van der Waals surface area contributed by atoms with Crippen LogP contribution in [0.4, 0.5) is 13.2 Å². The van der Waals surface area contributed by atoms with E-state index in [0.29, 0.717) is 13.0 Å². The molecule has 0 fully saturated rings. The van der Waals surface area contributed by atoms with Crippen LogP contribution >= 0.6 is 0 Å². The summed E-state index contributed by atoms with van der Waals surface area (Å²) in [6.45, 7) is 6.22. The summed E-state index contributed by atoms with van der Waals surface area (Å²) in [6, 6.07) is 5.89. The van der Waals surface area contributed by atoms with Gasteiger partial charge in [0.15, 0.2) is 5.96 Å². The largest absolute Gasteiger partial charge is 0.573 e. The van der Waals surface area contributed by atoms with Crippen molar-refractivity contribution in [3.8, 4) is 5.75 Å². The summed E-state index contributed by atoms with van der Waals surface area (Å²) in [5.74, 6) is 0.545. The number of nitrogens with zero attached hydrogens (tertiary/aromatic N) is 1. The van der Waals surface area contributed by atoms with Crippen LogP contribution in [0.15, 0.2) is 29.3 Å². The van der Waals surface area contributed by atoms with Gasteiger partial charge in [0.2, 0.25) is 0 Å². The third-order valence-corrected chi connectivity index (χ3v) is 2.70. The van der Waals surface area contributed by atoms with E-state index in [9.17, 15) is 13.2 Å². The predicted molar refractivity (Wildman–Crippen MR) is 81.1 cm³/mol. The fraction of sp³-hybridized carbons (Fsp3) is 0.533. The SMILES string of the molecule is CCCN=C(NCC)NCCc1ccc(OC(F)(F)F)cc1. The average Bonchev–Trinajstić information content (AvgIpc) is 2.45. The first-order valence-corrected chi connectivity index (χ1v) is 7.31. The van der Waals surface area contributed by atoms with E-state index in [1.54, 1.807) is 12.1 Å². The number of benzene rings is 1. The Morgan fingerprint density at radius 2 is 1.82 bits per heavy atom. The number of hydrogen-bond donors (Lipinski definition) is 2. The van der Waals surface area contributed by atoms with Crippen LogP contribution in [-0.4, -0.2) is 32.0 Å². The lowest BCUT2D eigenvalue weighted by molar-refractivity contribution is -0.274. The van der Waals surface area contributed by atoms with Crippen LogP contribution in [0.2, 0.25) is 0 Å². The number of hydrogen-bond acceptors (Lipinski definition) is 2. The van der Waals surface area contributed by atoms with Crippen molar-refractivity contribution in [1.29, 1.82) is 0 Å². The van der Waals surface area contributed by atoms with E-state index in [1.165, 1.54) is 12.1 Å². The molecule has 0 aliphatic rings. The normalized spacial score (nSPS) is 12.1. The molecule has 2 N–H and O–H groups in total. The molecule has 0 bridgehead atoms. The highest BCUT2D eigenvalue weighted by Gasteiger charge is 2.30. The van der Waals surface area contributed by atoms with Gasteiger partial charge in [-0.3, -0.25) is 4.99 Å². The minimum Gasteiger partial charge on any atom is -0.406 e. The summed E-state index contributed by atoms with van der Waals surface area (Å²) in [5, 5.41) is 6.32. The predicted octanol–water partition coefficient (Wildman–Crippen LogP) is 3.09. The van der Waals surface area contributed by atoms with Crippen LogP contribution in [-0.2, 0) is 6.42 Å². The van der Waals surface area contributed by atoms with Crippen LogP contribution in [0.3, 0.4) is 0 Å². The van der Waals surface area contributed by atoms with Gasteiger partial charge in [-0.2, -0.15) is 0 Å². The molecular formula is C15H22F3N3O. The molecule has 1 aromatic rings. The van der Waals surface area contributed by atoms with Crippen LogP contribution in [0.1, 0.15) is 25.8 Å². The molecule has 0 atom stereocenters. The van der Waals surface area contributed by atoms with Crippen molar-refractivity contribution in [2.24, 2.45) is 4.99 Å². The van der Waals surface area contributed by atoms with Crippen molar-refractivity contribution in [1.82, 2.24) is 10.6 Å². The fourth-order valence-electron chi connectivity index (χ4n) is 1.75. The summed E-state index contributed by atoms with van der Waals surface area (Å²) in [6.07, 6.45) is -3.00. The Labute approximate surface area is 128 Å². The number of nitrogens with one attached hydrogen (secondary N) is 2. The van der Waals surface area contributed by atoms with Gasteiger partial charge in [0.25, 0.3) is 0 Å². The van der Waals surface area contributed by atoms with E-state index in [-0.39, 0.29) is 5.75 Å². The van der Waals surface area contributed by atoms with Gasteiger partial charge in [-0.25, -0.2) is 0 Å². The Kier molecular flexibility index (Phi) is 7.56. The zero-order valence-corrected chi connectivity index (χ0v) is 12.8. The second kappa shape index (κ2) is 9.17. The van der Waals surface area contributed by atoms with E-state index in [4.69, 9.17) is 0 Å². The first-order chi connectivity index (χ1) is 10.4. The Morgan fingerprint density at radius 3 is 2.36 bits per heavy atom. The third-order valence-electron chi connectivity index (χ3n) is 2.70. The minimum atomic E-state index is -4.65. The number of aliphatic imine (C=N–C) groups is 1. The molecule has 0 saturated carbocycles. The summed E-state index contributed by atoms with van der Waals surface area (Å²) in [7, 11) is 0. The second-order valence-electron chi connectivity index (χ2n) is 4.63.